The zero-order chi connectivity index (χ0) is 13.0. The highest BCUT2D eigenvalue weighted by atomic mass is 79.9. The summed E-state index contributed by atoms with van der Waals surface area (Å²) in [4.78, 5) is 12.0. The summed E-state index contributed by atoms with van der Waals surface area (Å²) < 4.78 is 6.32. The smallest absolute Gasteiger partial charge is 0.224 e. The van der Waals surface area contributed by atoms with Crippen molar-refractivity contribution in [1.29, 1.82) is 0 Å². The molecule has 0 unspecified atom stereocenters. The van der Waals surface area contributed by atoms with E-state index < -0.39 is 0 Å². The second-order valence-corrected chi connectivity index (χ2v) is 5.68. The quantitative estimate of drug-likeness (QED) is 0.927. The van der Waals surface area contributed by atoms with Crippen LogP contribution >= 0.6 is 15.9 Å². The maximum Gasteiger partial charge on any atom is 0.224 e. The summed E-state index contributed by atoms with van der Waals surface area (Å²) in [5.41, 5.74) is 1.97. The average Bonchev–Trinajstić information content (AvgIpc) is 2.34. The summed E-state index contributed by atoms with van der Waals surface area (Å²) in [6, 6.07) is 5.88. The molecule has 1 fully saturated rings. The molecule has 0 spiro atoms. The zero-order valence-electron chi connectivity index (χ0n) is 10.5. The van der Waals surface area contributed by atoms with Gasteiger partial charge < -0.3 is 10.1 Å². The molecule has 0 radical (unpaired) electrons. The summed E-state index contributed by atoms with van der Waals surface area (Å²) in [6.07, 6.45) is 2.58. The van der Waals surface area contributed by atoms with Crippen molar-refractivity contribution in [3.63, 3.8) is 0 Å². The summed E-state index contributed by atoms with van der Waals surface area (Å²) >= 11 is 3.42. The average molecular weight is 312 g/mol. The third-order valence-electron chi connectivity index (χ3n) is 3.28. The van der Waals surface area contributed by atoms with Gasteiger partial charge in [0.25, 0.3) is 0 Å². The predicted octanol–water partition coefficient (Wildman–Crippen LogP) is 3.51. The van der Waals surface area contributed by atoms with Gasteiger partial charge in [-0.25, -0.2) is 0 Å². The van der Waals surface area contributed by atoms with Gasteiger partial charge in [-0.1, -0.05) is 15.9 Å². The fourth-order valence-corrected chi connectivity index (χ4v) is 2.66. The SMILES string of the molecule is Cc1cc(Br)ccc1NC(=O)CC1CCOCC1. The normalized spacial score (nSPS) is 16.6. The minimum atomic E-state index is 0.104. The Bertz CT molecular complexity index is 428. The molecule has 0 saturated carbocycles. The minimum Gasteiger partial charge on any atom is -0.381 e. The summed E-state index contributed by atoms with van der Waals surface area (Å²) in [6.45, 7) is 3.57. The summed E-state index contributed by atoms with van der Waals surface area (Å²) in [5, 5.41) is 2.98. The van der Waals surface area contributed by atoms with E-state index in [1.807, 2.05) is 25.1 Å². The monoisotopic (exact) mass is 311 g/mol. The molecule has 2 rings (SSSR count). The molecule has 1 aromatic rings. The maximum atomic E-state index is 12.0. The van der Waals surface area contributed by atoms with E-state index >= 15 is 0 Å². The van der Waals surface area contributed by atoms with Crippen LogP contribution in [0.1, 0.15) is 24.8 Å². The van der Waals surface area contributed by atoms with Crippen LogP contribution in [0.5, 0.6) is 0 Å². The van der Waals surface area contributed by atoms with Crippen molar-refractivity contribution in [1.82, 2.24) is 0 Å². The highest BCUT2D eigenvalue weighted by molar-refractivity contribution is 9.10. The summed E-state index contributed by atoms with van der Waals surface area (Å²) in [7, 11) is 0. The van der Waals surface area contributed by atoms with E-state index in [0.29, 0.717) is 12.3 Å². The number of hydrogen-bond acceptors (Lipinski definition) is 2. The molecule has 0 aliphatic carbocycles. The molecule has 3 nitrogen and oxygen atoms in total. The van der Waals surface area contributed by atoms with Gasteiger partial charge in [-0.05, 0) is 49.4 Å². The van der Waals surface area contributed by atoms with Gasteiger partial charge >= 0.3 is 0 Å². The molecule has 1 saturated heterocycles. The van der Waals surface area contributed by atoms with Gasteiger partial charge in [-0.2, -0.15) is 0 Å². The standard InChI is InChI=1S/C14H18BrNO2/c1-10-8-12(15)2-3-13(10)16-14(17)9-11-4-6-18-7-5-11/h2-3,8,11H,4-7,9H2,1H3,(H,16,17). The van der Waals surface area contributed by atoms with Crippen LogP contribution in [0.25, 0.3) is 0 Å². The first-order chi connectivity index (χ1) is 8.65. The Labute approximate surface area is 116 Å². The Hall–Kier alpha value is -0.870. The van der Waals surface area contributed by atoms with Crippen LogP contribution in [0, 0.1) is 12.8 Å². The molecule has 0 bridgehead atoms. The lowest BCUT2D eigenvalue weighted by Crippen LogP contribution is -2.22. The van der Waals surface area contributed by atoms with E-state index in [1.165, 1.54) is 0 Å². The van der Waals surface area contributed by atoms with Gasteiger partial charge in [0.2, 0.25) is 5.91 Å². The second kappa shape index (κ2) is 6.34. The Balaban J connectivity index is 1.90. The number of carbonyl (C=O) groups is 1. The van der Waals surface area contributed by atoms with E-state index in [9.17, 15) is 4.79 Å². The lowest BCUT2D eigenvalue weighted by Gasteiger charge is -2.21. The molecule has 98 valence electrons. The van der Waals surface area contributed by atoms with Gasteiger partial charge in [-0.3, -0.25) is 4.79 Å². The van der Waals surface area contributed by atoms with Gasteiger partial charge in [-0.15, -0.1) is 0 Å². The number of ether oxygens (including phenoxy) is 1. The van der Waals surface area contributed by atoms with Crippen LogP contribution in [-0.4, -0.2) is 19.1 Å². The number of benzene rings is 1. The third kappa shape index (κ3) is 3.82. The lowest BCUT2D eigenvalue weighted by molar-refractivity contribution is -0.117. The Morgan fingerprint density at radius 3 is 2.83 bits per heavy atom. The predicted molar refractivity (Wildman–Crippen MR) is 75.7 cm³/mol. The van der Waals surface area contributed by atoms with E-state index in [0.717, 1.165) is 41.8 Å². The van der Waals surface area contributed by atoms with Crippen molar-refractivity contribution in [3.8, 4) is 0 Å². The van der Waals surface area contributed by atoms with Gasteiger partial charge in [0.1, 0.15) is 0 Å². The first kappa shape index (κ1) is 13.6. The number of carbonyl (C=O) groups excluding carboxylic acids is 1. The zero-order valence-corrected chi connectivity index (χ0v) is 12.1. The maximum absolute atomic E-state index is 12.0. The molecule has 1 aliphatic heterocycles. The highest BCUT2D eigenvalue weighted by Gasteiger charge is 2.17. The number of nitrogens with one attached hydrogen (secondary N) is 1. The van der Waals surface area contributed by atoms with Crippen LogP contribution in [0.15, 0.2) is 22.7 Å². The molecule has 4 heteroatoms. The molecule has 1 amide bonds. The van der Waals surface area contributed by atoms with E-state index in [1.54, 1.807) is 0 Å². The highest BCUT2D eigenvalue weighted by Crippen LogP contribution is 2.22. The molecular formula is C14H18BrNO2. The Morgan fingerprint density at radius 2 is 2.17 bits per heavy atom. The van der Waals surface area contributed by atoms with Crippen LogP contribution < -0.4 is 5.32 Å². The van der Waals surface area contributed by atoms with Crippen molar-refractivity contribution in [3.05, 3.63) is 28.2 Å². The minimum absolute atomic E-state index is 0.104. The Kier molecular flexibility index (Phi) is 4.78. The van der Waals surface area contributed by atoms with Crippen molar-refractivity contribution < 1.29 is 9.53 Å². The van der Waals surface area contributed by atoms with Gasteiger partial charge in [0.15, 0.2) is 0 Å². The Morgan fingerprint density at radius 1 is 1.44 bits per heavy atom. The molecule has 0 aromatic heterocycles. The molecule has 0 atom stereocenters. The number of amides is 1. The van der Waals surface area contributed by atoms with Crippen molar-refractivity contribution >= 4 is 27.5 Å². The fraction of sp³-hybridized carbons (Fsp3) is 0.500. The fourth-order valence-electron chi connectivity index (χ4n) is 2.18. The molecule has 1 N–H and O–H groups in total. The number of hydrogen-bond donors (Lipinski definition) is 1. The van der Waals surface area contributed by atoms with E-state index in [2.05, 4.69) is 21.2 Å². The topological polar surface area (TPSA) is 38.3 Å². The van der Waals surface area contributed by atoms with Gasteiger partial charge in [0.05, 0.1) is 0 Å². The van der Waals surface area contributed by atoms with Crippen LogP contribution in [0.4, 0.5) is 5.69 Å². The first-order valence-electron chi connectivity index (χ1n) is 6.29. The third-order valence-corrected chi connectivity index (χ3v) is 3.77. The van der Waals surface area contributed by atoms with Crippen LogP contribution in [0.3, 0.4) is 0 Å². The number of halogens is 1. The first-order valence-corrected chi connectivity index (χ1v) is 7.08. The van der Waals surface area contributed by atoms with E-state index in [4.69, 9.17) is 4.74 Å². The van der Waals surface area contributed by atoms with Crippen molar-refractivity contribution in [2.24, 2.45) is 5.92 Å². The molecule has 18 heavy (non-hydrogen) atoms. The van der Waals surface area contributed by atoms with Crippen molar-refractivity contribution in [2.45, 2.75) is 26.2 Å². The molecule has 1 aliphatic rings. The second-order valence-electron chi connectivity index (χ2n) is 4.77. The molecule has 1 aromatic carbocycles. The molecule has 1 heterocycles. The van der Waals surface area contributed by atoms with Gasteiger partial charge in [0, 0.05) is 29.8 Å². The largest absolute Gasteiger partial charge is 0.381 e. The number of aryl methyl sites for hydroxylation is 1. The molecular weight excluding hydrogens is 294 g/mol. The van der Waals surface area contributed by atoms with Crippen LogP contribution in [-0.2, 0) is 9.53 Å². The lowest BCUT2D eigenvalue weighted by atomic mass is 9.96. The van der Waals surface area contributed by atoms with E-state index in [-0.39, 0.29) is 5.91 Å². The number of rotatable bonds is 3. The number of anilines is 1. The van der Waals surface area contributed by atoms with Crippen molar-refractivity contribution in [2.75, 3.05) is 18.5 Å². The summed E-state index contributed by atoms with van der Waals surface area (Å²) in [5.74, 6) is 0.571. The van der Waals surface area contributed by atoms with Crippen LogP contribution in [0.2, 0.25) is 0 Å².